The van der Waals surface area contributed by atoms with Gasteiger partial charge in [-0.3, -0.25) is 9.59 Å². The van der Waals surface area contributed by atoms with E-state index in [1.54, 1.807) is 0 Å². The number of hydrogen-bond acceptors (Lipinski definition) is 3. The van der Waals surface area contributed by atoms with Crippen molar-refractivity contribution >= 4 is 24.2 Å². The van der Waals surface area contributed by atoms with E-state index in [4.69, 9.17) is 5.73 Å². The van der Waals surface area contributed by atoms with E-state index in [0.29, 0.717) is 18.4 Å². The van der Waals surface area contributed by atoms with Crippen LogP contribution in [0.1, 0.15) is 39.0 Å². The fourth-order valence-electron chi connectivity index (χ4n) is 4.50. The van der Waals surface area contributed by atoms with Crippen LogP contribution in [0.25, 0.3) is 0 Å². The maximum absolute atomic E-state index is 12.8. The van der Waals surface area contributed by atoms with Crippen molar-refractivity contribution in [2.45, 2.75) is 51.1 Å². The van der Waals surface area contributed by atoms with Crippen LogP contribution >= 0.6 is 12.4 Å². The lowest BCUT2D eigenvalue weighted by molar-refractivity contribution is -0.139. The molecule has 0 aromatic carbocycles. The molecule has 21 heavy (non-hydrogen) atoms. The molecule has 3 N–H and O–H groups in total. The number of halogens is 1. The van der Waals surface area contributed by atoms with Gasteiger partial charge in [0.1, 0.15) is 0 Å². The summed E-state index contributed by atoms with van der Waals surface area (Å²) in [6.07, 6.45) is 5.43. The van der Waals surface area contributed by atoms with E-state index < -0.39 is 0 Å². The first-order valence-corrected chi connectivity index (χ1v) is 7.87. The molecule has 5 unspecified atom stereocenters. The van der Waals surface area contributed by atoms with Gasteiger partial charge >= 0.3 is 0 Å². The summed E-state index contributed by atoms with van der Waals surface area (Å²) in [7, 11) is 0. The lowest BCUT2D eigenvalue weighted by atomic mass is 9.83. The Balaban J connectivity index is 0.00000161. The first-order valence-electron chi connectivity index (χ1n) is 7.87. The predicted molar refractivity (Wildman–Crippen MR) is 83.0 cm³/mol. The molecule has 1 aliphatic heterocycles. The molecule has 0 aromatic heterocycles. The molecule has 1 saturated heterocycles. The second-order valence-electron chi connectivity index (χ2n) is 6.76. The molecule has 6 heteroatoms. The number of nitrogens with one attached hydrogen (secondary N) is 1. The highest BCUT2D eigenvalue weighted by Crippen LogP contribution is 2.48. The van der Waals surface area contributed by atoms with Gasteiger partial charge < -0.3 is 16.0 Å². The number of fused-ring (bicyclic) bond motifs is 2. The second kappa shape index (κ2) is 6.53. The van der Waals surface area contributed by atoms with Crippen molar-refractivity contribution < 1.29 is 9.59 Å². The molecule has 1 heterocycles. The predicted octanol–water partition coefficient (Wildman–Crippen LogP) is 0.909. The van der Waals surface area contributed by atoms with Gasteiger partial charge in [0.05, 0.1) is 5.92 Å². The average molecular weight is 316 g/mol. The maximum atomic E-state index is 12.8. The second-order valence-corrected chi connectivity index (χ2v) is 6.76. The molecule has 5 nitrogen and oxygen atoms in total. The first kappa shape index (κ1) is 16.6. The van der Waals surface area contributed by atoms with Crippen molar-refractivity contribution in [2.75, 3.05) is 13.1 Å². The summed E-state index contributed by atoms with van der Waals surface area (Å²) in [6.45, 7) is 3.00. The van der Waals surface area contributed by atoms with E-state index >= 15 is 0 Å². The van der Waals surface area contributed by atoms with Crippen LogP contribution in [0, 0.1) is 17.8 Å². The van der Waals surface area contributed by atoms with Gasteiger partial charge in [-0.05, 0) is 43.9 Å². The third-order valence-corrected chi connectivity index (χ3v) is 5.41. The van der Waals surface area contributed by atoms with Crippen LogP contribution in [0.5, 0.6) is 0 Å². The summed E-state index contributed by atoms with van der Waals surface area (Å²) in [5.74, 6) is 1.32. The molecular formula is C15H26ClN3O2. The van der Waals surface area contributed by atoms with Gasteiger partial charge in [-0.15, -0.1) is 12.4 Å². The third-order valence-electron chi connectivity index (χ3n) is 5.41. The SMILES string of the molecule is CC(=O)NC1CCCN(C(=O)C2C3CCC(C3)C2N)C1.Cl. The zero-order valence-electron chi connectivity index (χ0n) is 12.6. The molecular weight excluding hydrogens is 290 g/mol. The molecule has 2 saturated carbocycles. The van der Waals surface area contributed by atoms with Gasteiger partial charge in [0.15, 0.2) is 0 Å². The van der Waals surface area contributed by atoms with E-state index in [0.717, 1.165) is 32.2 Å². The number of carbonyl (C=O) groups excluding carboxylic acids is 2. The van der Waals surface area contributed by atoms with Crippen LogP contribution in [0.2, 0.25) is 0 Å². The van der Waals surface area contributed by atoms with Crippen LogP contribution in [0.15, 0.2) is 0 Å². The quantitative estimate of drug-likeness (QED) is 0.795. The van der Waals surface area contributed by atoms with Gasteiger partial charge in [-0.1, -0.05) is 0 Å². The fourth-order valence-corrected chi connectivity index (χ4v) is 4.50. The maximum Gasteiger partial charge on any atom is 0.227 e. The summed E-state index contributed by atoms with van der Waals surface area (Å²) in [5.41, 5.74) is 6.27. The minimum Gasteiger partial charge on any atom is -0.352 e. The minimum atomic E-state index is -0.0130. The molecule has 3 fully saturated rings. The lowest BCUT2D eigenvalue weighted by Gasteiger charge is -2.37. The van der Waals surface area contributed by atoms with Gasteiger partial charge in [-0.2, -0.15) is 0 Å². The Kier molecular flexibility index (Phi) is 5.15. The first-order chi connectivity index (χ1) is 9.56. The molecule has 120 valence electrons. The van der Waals surface area contributed by atoms with Crippen molar-refractivity contribution in [3.05, 3.63) is 0 Å². The van der Waals surface area contributed by atoms with Gasteiger partial charge in [0, 0.05) is 32.1 Å². The molecule has 3 aliphatic rings. The number of rotatable bonds is 2. The monoisotopic (exact) mass is 315 g/mol. The summed E-state index contributed by atoms with van der Waals surface area (Å²) < 4.78 is 0. The van der Waals surface area contributed by atoms with Crippen molar-refractivity contribution in [1.29, 1.82) is 0 Å². The normalized spacial score (nSPS) is 38.0. The Morgan fingerprint density at radius 1 is 1.19 bits per heavy atom. The third kappa shape index (κ3) is 3.19. The molecule has 3 rings (SSSR count). The number of nitrogens with zero attached hydrogens (tertiary/aromatic N) is 1. The molecule has 2 aliphatic carbocycles. The number of amides is 2. The summed E-state index contributed by atoms with van der Waals surface area (Å²) >= 11 is 0. The standard InChI is InChI=1S/C15H25N3O2.ClH/c1-9(19)17-12-3-2-6-18(8-12)15(20)13-10-4-5-11(7-10)14(13)16;/h10-14H,2-8,16H2,1H3,(H,17,19);1H. The molecule has 5 atom stereocenters. The van der Waals surface area contributed by atoms with Crippen molar-refractivity contribution in [2.24, 2.45) is 23.5 Å². The highest BCUT2D eigenvalue weighted by atomic mass is 35.5. The van der Waals surface area contributed by atoms with Gasteiger partial charge in [0.2, 0.25) is 11.8 Å². The average Bonchev–Trinajstić information content (AvgIpc) is 2.98. The highest BCUT2D eigenvalue weighted by Gasteiger charge is 2.50. The van der Waals surface area contributed by atoms with E-state index in [1.807, 2.05) is 4.90 Å². The molecule has 2 amide bonds. The summed E-state index contributed by atoms with van der Waals surface area (Å²) in [4.78, 5) is 25.9. The Morgan fingerprint density at radius 2 is 1.90 bits per heavy atom. The summed E-state index contributed by atoms with van der Waals surface area (Å²) in [5, 5.41) is 2.94. The molecule has 0 aromatic rings. The van der Waals surface area contributed by atoms with E-state index in [9.17, 15) is 9.59 Å². The molecule has 0 spiro atoms. The Hall–Kier alpha value is -0.810. The van der Waals surface area contributed by atoms with Gasteiger partial charge in [-0.25, -0.2) is 0 Å². The Morgan fingerprint density at radius 3 is 2.52 bits per heavy atom. The summed E-state index contributed by atoms with van der Waals surface area (Å²) in [6, 6.07) is 0.169. The van der Waals surface area contributed by atoms with E-state index in [1.165, 1.54) is 13.3 Å². The van der Waals surface area contributed by atoms with Crippen LogP contribution in [0.3, 0.4) is 0 Å². The van der Waals surface area contributed by atoms with Crippen molar-refractivity contribution in [3.8, 4) is 0 Å². The number of piperidine rings is 1. The Labute approximate surface area is 132 Å². The van der Waals surface area contributed by atoms with Crippen molar-refractivity contribution in [1.82, 2.24) is 10.2 Å². The van der Waals surface area contributed by atoms with E-state index in [-0.39, 0.29) is 42.2 Å². The molecule has 2 bridgehead atoms. The number of hydrogen-bond donors (Lipinski definition) is 2. The zero-order chi connectivity index (χ0) is 14.3. The number of nitrogens with two attached hydrogens (primary N) is 1. The van der Waals surface area contributed by atoms with E-state index in [2.05, 4.69) is 5.32 Å². The zero-order valence-corrected chi connectivity index (χ0v) is 13.4. The van der Waals surface area contributed by atoms with Crippen LogP contribution in [-0.2, 0) is 9.59 Å². The van der Waals surface area contributed by atoms with Crippen LogP contribution in [-0.4, -0.2) is 41.9 Å². The Bertz CT molecular complexity index is 416. The smallest absolute Gasteiger partial charge is 0.227 e. The van der Waals surface area contributed by atoms with Crippen LogP contribution in [0.4, 0.5) is 0 Å². The fraction of sp³-hybridized carbons (Fsp3) is 0.867. The van der Waals surface area contributed by atoms with Crippen molar-refractivity contribution in [3.63, 3.8) is 0 Å². The van der Waals surface area contributed by atoms with Gasteiger partial charge in [0.25, 0.3) is 0 Å². The number of likely N-dealkylation sites (tertiary alicyclic amines) is 1. The largest absolute Gasteiger partial charge is 0.352 e. The lowest BCUT2D eigenvalue weighted by Crippen LogP contribution is -2.53. The van der Waals surface area contributed by atoms with Crippen LogP contribution < -0.4 is 11.1 Å². The topological polar surface area (TPSA) is 75.4 Å². The minimum absolute atomic E-state index is 0. The highest BCUT2D eigenvalue weighted by molar-refractivity contribution is 5.85. The number of carbonyl (C=O) groups is 2. The molecule has 0 radical (unpaired) electrons.